The molecule has 1 N–H and O–H groups in total. The third-order valence-electron chi connectivity index (χ3n) is 5.06. The van der Waals surface area contributed by atoms with Crippen molar-refractivity contribution in [2.75, 3.05) is 33.4 Å². The van der Waals surface area contributed by atoms with Gasteiger partial charge in [-0.2, -0.15) is 13.2 Å². The average Bonchev–Trinajstić information content (AvgIpc) is 3.19. The second-order valence-corrected chi connectivity index (χ2v) is 7.13. The van der Waals surface area contributed by atoms with E-state index in [0.29, 0.717) is 37.4 Å². The number of amides is 2. The van der Waals surface area contributed by atoms with E-state index in [9.17, 15) is 22.8 Å². The predicted molar refractivity (Wildman–Crippen MR) is 108 cm³/mol. The van der Waals surface area contributed by atoms with Gasteiger partial charge >= 0.3 is 12.3 Å². The summed E-state index contributed by atoms with van der Waals surface area (Å²) in [7, 11) is 1.32. The van der Waals surface area contributed by atoms with Gasteiger partial charge in [-0.05, 0) is 35.4 Å². The van der Waals surface area contributed by atoms with Crippen LogP contribution in [0, 0.1) is 0 Å². The first kappa shape index (κ1) is 21.7. The lowest BCUT2D eigenvalue weighted by molar-refractivity contribution is -0.136. The van der Waals surface area contributed by atoms with Gasteiger partial charge in [0.1, 0.15) is 0 Å². The van der Waals surface area contributed by atoms with Crippen LogP contribution in [0.3, 0.4) is 0 Å². The van der Waals surface area contributed by atoms with Crippen LogP contribution < -0.4 is 10.1 Å². The van der Waals surface area contributed by atoms with Gasteiger partial charge in [0, 0.05) is 37.2 Å². The Bertz CT molecular complexity index is 1150. The number of nitrogens with zero attached hydrogens (tertiary/aromatic N) is 1. The highest BCUT2D eigenvalue weighted by molar-refractivity contribution is 5.95. The van der Waals surface area contributed by atoms with Crippen molar-refractivity contribution in [3.05, 3.63) is 53.6 Å². The summed E-state index contributed by atoms with van der Waals surface area (Å²) in [4.78, 5) is 25.6. The van der Waals surface area contributed by atoms with Crippen LogP contribution in [0.4, 0.5) is 18.0 Å². The molecule has 0 atom stereocenters. The molecular weight excluding hydrogens is 429 g/mol. The molecule has 168 valence electrons. The van der Waals surface area contributed by atoms with E-state index in [1.54, 1.807) is 29.2 Å². The Morgan fingerprint density at radius 3 is 2.34 bits per heavy atom. The number of benzene rings is 2. The van der Waals surface area contributed by atoms with E-state index >= 15 is 0 Å². The van der Waals surface area contributed by atoms with Crippen LogP contribution in [0.1, 0.15) is 15.9 Å². The van der Waals surface area contributed by atoms with Crippen molar-refractivity contribution < 1.29 is 36.7 Å². The van der Waals surface area contributed by atoms with E-state index in [1.807, 2.05) is 0 Å². The molecule has 1 aliphatic heterocycles. The van der Waals surface area contributed by atoms with E-state index in [1.165, 1.54) is 19.2 Å². The maximum Gasteiger partial charge on any atom is 0.420 e. The van der Waals surface area contributed by atoms with Crippen LogP contribution in [0.15, 0.2) is 46.9 Å². The molecule has 4 rings (SSSR count). The molecule has 32 heavy (non-hydrogen) atoms. The lowest BCUT2D eigenvalue weighted by atomic mass is 9.99. The number of fused-ring (bicyclic) bond motifs is 1. The summed E-state index contributed by atoms with van der Waals surface area (Å²) in [6.45, 7) is 1.93. The number of halogens is 3. The van der Waals surface area contributed by atoms with Gasteiger partial charge in [0.25, 0.3) is 11.9 Å². The first-order valence-electron chi connectivity index (χ1n) is 9.78. The smallest absolute Gasteiger partial charge is 0.420 e. The Balaban J connectivity index is 1.68. The molecule has 1 aromatic heterocycles. The van der Waals surface area contributed by atoms with Crippen LogP contribution in [-0.2, 0) is 10.9 Å². The fraction of sp³-hybridized carbons (Fsp3) is 0.273. The summed E-state index contributed by atoms with van der Waals surface area (Å²) >= 11 is 0. The fourth-order valence-electron chi connectivity index (χ4n) is 3.45. The minimum Gasteiger partial charge on any atom is -0.425 e. The Labute approximate surface area is 180 Å². The van der Waals surface area contributed by atoms with E-state index in [2.05, 4.69) is 5.32 Å². The second-order valence-electron chi connectivity index (χ2n) is 7.13. The van der Waals surface area contributed by atoms with Crippen molar-refractivity contribution in [2.45, 2.75) is 6.18 Å². The number of carbonyl (C=O) groups is 2. The third-order valence-corrected chi connectivity index (χ3v) is 5.06. The molecule has 0 radical (unpaired) electrons. The first-order valence-corrected chi connectivity index (χ1v) is 9.78. The largest absolute Gasteiger partial charge is 0.425 e. The van der Waals surface area contributed by atoms with Crippen molar-refractivity contribution >= 4 is 23.0 Å². The van der Waals surface area contributed by atoms with Crippen LogP contribution in [0.2, 0.25) is 0 Å². The van der Waals surface area contributed by atoms with Crippen molar-refractivity contribution in [2.24, 2.45) is 0 Å². The maximum atomic E-state index is 13.7. The molecule has 0 bridgehead atoms. The highest BCUT2D eigenvalue weighted by atomic mass is 19.4. The lowest BCUT2D eigenvalue weighted by Gasteiger charge is -2.26. The highest BCUT2D eigenvalue weighted by Gasteiger charge is 2.35. The van der Waals surface area contributed by atoms with Crippen molar-refractivity contribution in [1.82, 2.24) is 10.2 Å². The monoisotopic (exact) mass is 448 g/mol. The summed E-state index contributed by atoms with van der Waals surface area (Å²) in [5.74, 6) is -0.509. The van der Waals surface area contributed by atoms with E-state index in [-0.39, 0.29) is 22.8 Å². The van der Waals surface area contributed by atoms with E-state index in [0.717, 1.165) is 6.07 Å². The summed E-state index contributed by atoms with van der Waals surface area (Å²) in [5, 5.41) is 2.32. The number of hydrogen-bond donors (Lipinski definition) is 1. The number of rotatable bonds is 3. The van der Waals surface area contributed by atoms with E-state index < -0.39 is 23.4 Å². The Morgan fingerprint density at radius 2 is 1.72 bits per heavy atom. The molecule has 2 amide bonds. The fourth-order valence-corrected chi connectivity index (χ4v) is 3.45. The van der Waals surface area contributed by atoms with E-state index in [4.69, 9.17) is 13.9 Å². The van der Waals surface area contributed by atoms with Crippen LogP contribution in [-0.4, -0.2) is 50.3 Å². The summed E-state index contributed by atoms with van der Waals surface area (Å²) in [6, 6.07) is 10.0. The molecule has 1 saturated heterocycles. The normalized spacial score (nSPS) is 14.4. The number of ether oxygens (including phenoxy) is 2. The molecule has 0 spiro atoms. The number of carbonyl (C=O) groups excluding carboxylic acids is 2. The van der Waals surface area contributed by atoms with Crippen LogP contribution in [0.5, 0.6) is 5.95 Å². The topological polar surface area (TPSA) is 81.0 Å². The maximum absolute atomic E-state index is 13.7. The average molecular weight is 448 g/mol. The third kappa shape index (κ3) is 4.40. The predicted octanol–water partition coefficient (Wildman–Crippen LogP) is 4.31. The SMILES string of the molecule is CNC(=O)Oc1cc2cc(-c3ccc(C(=O)N4CCOCC4)cc3)cc(C(F)(F)F)c2o1. The molecule has 2 heterocycles. The summed E-state index contributed by atoms with van der Waals surface area (Å²) < 4.78 is 56.3. The highest BCUT2D eigenvalue weighted by Crippen LogP contribution is 2.40. The molecular formula is C22H19F3N2O5. The summed E-state index contributed by atoms with van der Waals surface area (Å²) in [5.41, 5.74) is -0.213. The molecule has 3 aromatic rings. The van der Waals surface area contributed by atoms with Gasteiger partial charge in [-0.25, -0.2) is 4.79 Å². The van der Waals surface area contributed by atoms with Gasteiger partial charge in [-0.1, -0.05) is 12.1 Å². The summed E-state index contributed by atoms with van der Waals surface area (Å²) in [6.07, 6.45) is -5.55. The second kappa shape index (κ2) is 8.54. The Hall–Kier alpha value is -3.53. The van der Waals surface area contributed by atoms with Gasteiger partial charge in [0.15, 0.2) is 5.58 Å². The standard InChI is InChI=1S/C22H19F3N2O5/c1-26-21(29)32-18-12-16-10-15(11-17(19(16)31-18)22(23,24)25)13-2-4-14(5-3-13)20(28)27-6-8-30-9-7-27/h2-5,10-12H,6-9H2,1H3,(H,26,29). The molecule has 7 nitrogen and oxygen atoms in total. The molecule has 10 heteroatoms. The molecule has 0 unspecified atom stereocenters. The molecule has 1 aliphatic rings. The van der Waals surface area contributed by atoms with Gasteiger partial charge in [0.05, 0.1) is 18.8 Å². The van der Waals surface area contributed by atoms with Gasteiger partial charge in [0.2, 0.25) is 0 Å². The van der Waals surface area contributed by atoms with Gasteiger partial charge in [-0.3, -0.25) is 4.79 Å². The zero-order valence-corrected chi connectivity index (χ0v) is 17.0. The van der Waals surface area contributed by atoms with Crippen LogP contribution >= 0.6 is 0 Å². The zero-order valence-electron chi connectivity index (χ0n) is 17.0. The quantitative estimate of drug-likeness (QED) is 0.646. The number of nitrogens with one attached hydrogen (secondary N) is 1. The van der Waals surface area contributed by atoms with Gasteiger partial charge in [-0.15, -0.1) is 0 Å². The van der Waals surface area contributed by atoms with Crippen molar-refractivity contribution in [3.63, 3.8) is 0 Å². The molecule has 0 saturated carbocycles. The minimum absolute atomic E-state index is 0.127. The number of morpholine rings is 1. The van der Waals surface area contributed by atoms with Crippen molar-refractivity contribution in [1.29, 1.82) is 0 Å². The minimum atomic E-state index is -4.69. The number of alkyl halides is 3. The Kier molecular flexibility index (Phi) is 5.79. The molecule has 1 fully saturated rings. The zero-order chi connectivity index (χ0) is 22.9. The van der Waals surface area contributed by atoms with Crippen LogP contribution in [0.25, 0.3) is 22.1 Å². The molecule has 0 aliphatic carbocycles. The van der Waals surface area contributed by atoms with Crippen molar-refractivity contribution in [3.8, 4) is 17.1 Å². The molecule has 2 aromatic carbocycles. The van der Waals surface area contributed by atoms with Gasteiger partial charge < -0.3 is 24.1 Å². The Morgan fingerprint density at radius 1 is 1.03 bits per heavy atom. The number of furan rings is 1. The lowest BCUT2D eigenvalue weighted by Crippen LogP contribution is -2.40. The number of hydrogen-bond acceptors (Lipinski definition) is 5. The first-order chi connectivity index (χ1) is 15.3.